The summed E-state index contributed by atoms with van der Waals surface area (Å²) in [4.78, 5) is 58.5. The number of ketones is 1. The number of cyclic esters (lactones) is 1. The van der Waals surface area contributed by atoms with Gasteiger partial charge in [0.15, 0.2) is 6.10 Å². The normalized spacial score (nSPS) is 29.1. The lowest BCUT2D eigenvalue weighted by atomic mass is 9.71. The van der Waals surface area contributed by atoms with Crippen LogP contribution in [0.3, 0.4) is 0 Å². The molecule has 15 nitrogen and oxygen atoms in total. The molecule has 0 saturated carbocycles. The smallest absolute Gasteiger partial charge is 0.460 e. The average Bonchev–Trinajstić information content (AvgIpc) is 3.64. The van der Waals surface area contributed by atoms with Crippen LogP contribution >= 0.6 is 22.9 Å². The zero-order valence-electron chi connectivity index (χ0n) is 36.6. The second-order valence-electron chi connectivity index (χ2n) is 16.9. The fourth-order valence-corrected chi connectivity index (χ4v) is 8.78. The van der Waals surface area contributed by atoms with Crippen molar-refractivity contribution in [3.8, 4) is 5.75 Å². The third kappa shape index (κ3) is 12.6. The molecule has 17 heteroatoms. The standard InChI is InChI=1S/C47H58ClNO14S/c1-8-11-30-41(63-46(57)59-24-28-15-18-34(31(48)21-28)61-45-40(54)38(52)39(53)42(62-45)44(56)58-20-9-2)26(4)13-10-12-25(3)14-17-33(29-16-19-35-32(22-29)49-27(5)64-35)60-37(51)23-36(50)47(6,7)43(30)55/h8-9,14-16,18-19,21-22,26,30,33,36,38-42,45,50,52-54H,1-2,10-13,17,20,23-24H2,3-7H3/b25-14-/t26-,30+,33-,36-,38-,39-,40+,41-,42-,45+/m0/s1. The number of allylic oxidation sites excluding steroid dienone is 2. The number of thiazole rings is 1. The second kappa shape index (κ2) is 22.5. The van der Waals surface area contributed by atoms with Crippen LogP contribution in [0.25, 0.3) is 10.2 Å². The van der Waals surface area contributed by atoms with E-state index in [0.717, 1.165) is 26.4 Å². The highest BCUT2D eigenvalue weighted by Gasteiger charge is 2.49. The van der Waals surface area contributed by atoms with Crippen LogP contribution in [0.2, 0.25) is 5.02 Å². The molecule has 64 heavy (non-hydrogen) atoms. The van der Waals surface area contributed by atoms with Crippen molar-refractivity contribution in [2.24, 2.45) is 17.3 Å². The minimum absolute atomic E-state index is 0.0174. The number of carbonyl (C=O) groups excluding carboxylic acids is 4. The van der Waals surface area contributed by atoms with Crippen molar-refractivity contribution in [2.45, 2.75) is 129 Å². The number of Topliss-reactive ketones (excluding diaryl/α,β-unsaturated/α-hetero) is 1. The maximum atomic E-state index is 14.5. The zero-order chi connectivity index (χ0) is 46.9. The van der Waals surface area contributed by atoms with Gasteiger partial charge in [-0.15, -0.1) is 17.9 Å². The number of benzene rings is 2. The van der Waals surface area contributed by atoms with Crippen molar-refractivity contribution in [2.75, 3.05) is 6.61 Å². The molecule has 2 aliphatic heterocycles. The van der Waals surface area contributed by atoms with E-state index >= 15 is 0 Å². The van der Waals surface area contributed by atoms with Crippen LogP contribution in [-0.4, -0.2) is 98.8 Å². The molecule has 0 bridgehead atoms. The van der Waals surface area contributed by atoms with Gasteiger partial charge in [0.1, 0.15) is 55.3 Å². The summed E-state index contributed by atoms with van der Waals surface area (Å²) < 4.78 is 34.5. The number of carbonyl (C=O) groups is 4. The summed E-state index contributed by atoms with van der Waals surface area (Å²) in [6.45, 7) is 15.7. The van der Waals surface area contributed by atoms with Gasteiger partial charge in [0.25, 0.3) is 0 Å². The number of ether oxygens (including phenoxy) is 6. The Kier molecular flexibility index (Phi) is 17.7. The maximum absolute atomic E-state index is 14.5. The second-order valence-corrected chi connectivity index (χ2v) is 18.5. The van der Waals surface area contributed by atoms with Gasteiger partial charge in [-0.1, -0.05) is 74.9 Å². The largest absolute Gasteiger partial charge is 0.508 e. The van der Waals surface area contributed by atoms with Gasteiger partial charge in [-0.05, 0) is 80.8 Å². The summed E-state index contributed by atoms with van der Waals surface area (Å²) in [6, 6.07) is 10.1. The van der Waals surface area contributed by atoms with Gasteiger partial charge >= 0.3 is 18.1 Å². The van der Waals surface area contributed by atoms with Crippen molar-refractivity contribution in [1.29, 1.82) is 0 Å². The minimum atomic E-state index is -1.82. The van der Waals surface area contributed by atoms with Gasteiger partial charge < -0.3 is 48.8 Å². The van der Waals surface area contributed by atoms with E-state index in [-0.39, 0.29) is 36.3 Å². The lowest BCUT2D eigenvalue weighted by Gasteiger charge is -2.39. The highest BCUT2D eigenvalue weighted by atomic mass is 35.5. The molecule has 1 saturated heterocycles. The van der Waals surface area contributed by atoms with Crippen molar-refractivity contribution < 1.29 is 68.0 Å². The van der Waals surface area contributed by atoms with Crippen molar-refractivity contribution in [3.05, 3.63) is 94.5 Å². The van der Waals surface area contributed by atoms with E-state index in [2.05, 4.69) is 18.1 Å². The van der Waals surface area contributed by atoms with Gasteiger partial charge in [-0.3, -0.25) is 9.59 Å². The predicted molar refractivity (Wildman–Crippen MR) is 237 cm³/mol. The van der Waals surface area contributed by atoms with Crippen LogP contribution in [-0.2, 0) is 44.7 Å². The van der Waals surface area contributed by atoms with Gasteiger partial charge in [-0.2, -0.15) is 0 Å². The number of nitrogens with zero attached hydrogens (tertiary/aromatic N) is 1. The molecule has 10 atom stereocenters. The summed E-state index contributed by atoms with van der Waals surface area (Å²) in [5, 5.41) is 43.6. The predicted octanol–water partition coefficient (Wildman–Crippen LogP) is 7.18. The van der Waals surface area contributed by atoms with Crippen LogP contribution in [0.1, 0.15) is 88.5 Å². The molecule has 0 spiro atoms. The van der Waals surface area contributed by atoms with Gasteiger partial charge in [0.05, 0.1) is 44.1 Å². The van der Waals surface area contributed by atoms with Gasteiger partial charge in [0, 0.05) is 6.42 Å². The van der Waals surface area contributed by atoms with Crippen LogP contribution in [0, 0.1) is 24.2 Å². The summed E-state index contributed by atoms with van der Waals surface area (Å²) >= 11 is 8.05. The molecule has 0 amide bonds. The number of hydrogen-bond donors (Lipinski definition) is 4. The Morgan fingerprint density at radius 1 is 1.02 bits per heavy atom. The van der Waals surface area contributed by atoms with E-state index in [1.54, 1.807) is 31.3 Å². The Morgan fingerprint density at radius 2 is 1.77 bits per heavy atom. The maximum Gasteiger partial charge on any atom is 0.508 e. The molecular weight excluding hydrogens is 870 g/mol. The summed E-state index contributed by atoms with van der Waals surface area (Å²) in [6.07, 6.45) is -6.03. The minimum Gasteiger partial charge on any atom is -0.460 e. The number of aliphatic hydroxyl groups excluding tert-OH is 4. The number of rotatable bonds is 11. The summed E-state index contributed by atoms with van der Waals surface area (Å²) in [7, 11) is 0. The number of aromatic nitrogens is 1. The molecule has 1 aromatic heterocycles. The molecule has 1 fully saturated rings. The highest BCUT2D eigenvalue weighted by molar-refractivity contribution is 7.18. The molecule has 3 heterocycles. The van der Waals surface area contributed by atoms with E-state index in [0.29, 0.717) is 31.2 Å². The summed E-state index contributed by atoms with van der Waals surface area (Å²) in [5.74, 6) is -3.46. The first-order valence-corrected chi connectivity index (χ1v) is 22.3. The number of hydrogen-bond acceptors (Lipinski definition) is 16. The van der Waals surface area contributed by atoms with Crippen LogP contribution in [0.15, 0.2) is 73.4 Å². The van der Waals surface area contributed by atoms with E-state index in [4.69, 9.17) is 40.0 Å². The number of fused-ring (bicyclic) bond motifs is 1. The number of halogens is 1. The first kappa shape index (κ1) is 50.3. The van der Waals surface area contributed by atoms with E-state index in [1.165, 1.54) is 24.3 Å². The molecule has 2 aliphatic rings. The molecule has 5 rings (SSSR count). The van der Waals surface area contributed by atoms with Crippen LogP contribution in [0.4, 0.5) is 4.79 Å². The number of aryl methyl sites for hydroxylation is 1. The highest BCUT2D eigenvalue weighted by Crippen LogP contribution is 2.37. The van der Waals surface area contributed by atoms with Crippen molar-refractivity contribution >= 4 is 57.0 Å². The Morgan fingerprint density at radius 3 is 2.47 bits per heavy atom. The van der Waals surface area contributed by atoms with Crippen LogP contribution in [0.5, 0.6) is 5.75 Å². The van der Waals surface area contributed by atoms with E-state index in [1.807, 2.05) is 45.0 Å². The lowest BCUT2D eigenvalue weighted by molar-refractivity contribution is -0.272. The zero-order valence-corrected chi connectivity index (χ0v) is 38.2. The lowest BCUT2D eigenvalue weighted by Crippen LogP contribution is -2.61. The van der Waals surface area contributed by atoms with Crippen molar-refractivity contribution in [3.63, 3.8) is 0 Å². The molecule has 4 N–H and O–H groups in total. The Labute approximate surface area is 381 Å². The molecular formula is C47H58ClNO14S. The third-order valence-electron chi connectivity index (χ3n) is 11.6. The SMILES string of the molecule is C=CCOC(=O)[C@H]1O[C@@H](Oc2ccc(COC(=O)O[C@H]3[C@@H](C)CCC/C(C)=C\C[C@@H](c4ccc5sc(C)nc5c4)OC(=O)C[C@H](O)C(C)(C)C(=O)[C@@H]3CC=C)cc2Cl)[C@H](O)[C@@H](O)[C@@H]1O. The molecule has 3 aromatic rings. The number of esters is 2. The number of aliphatic hydroxyl groups is 4. The van der Waals surface area contributed by atoms with Gasteiger partial charge in [0.2, 0.25) is 6.29 Å². The molecule has 0 unspecified atom stereocenters. The Balaban J connectivity index is 1.29. The molecule has 0 aliphatic carbocycles. The molecule has 348 valence electrons. The fraction of sp³-hybridized carbons (Fsp3) is 0.511. The fourth-order valence-electron chi connectivity index (χ4n) is 7.72. The van der Waals surface area contributed by atoms with Crippen molar-refractivity contribution in [1.82, 2.24) is 4.98 Å². The Bertz CT molecular complexity index is 2190. The van der Waals surface area contributed by atoms with Gasteiger partial charge in [-0.25, -0.2) is 14.6 Å². The summed E-state index contributed by atoms with van der Waals surface area (Å²) in [5.41, 5.74) is 1.55. The van der Waals surface area contributed by atoms with E-state index < -0.39 is 90.6 Å². The van der Waals surface area contributed by atoms with Crippen LogP contribution < -0.4 is 4.74 Å². The monoisotopic (exact) mass is 927 g/mol. The average molecular weight is 928 g/mol. The molecule has 2 aromatic carbocycles. The quantitative estimate of drug-likeness (QED) is 0.0851. The topological polar surface area (TPSA) is 217 Å². The first-order chi connectivity index (χ1) is 30.3. The molecule has 0 radical (unpaired) electrons. The first-order valence-electron chi connectivity index (χ1n) is 21.2. The van der Waals surface area contributed by atoms with E-state index in [9.17, 15) is 39.6 Å². The third-order valence-corrected chi connectivity index (χ3v) is 12.8. The Hall–Kier alpha value is -4.68.